The van der Waals surface area contributed by atoms with Gasteiger partial charge in [-0.1, -0.05) is 0 Å². The van der Waals surface area contributed by atoms with Crippen LogP contribution in [0.4, 0.5) is 8.78 Å². The fourth-order valence-electron chi connectivity index (χ4n) is 1.19. The second-order valence-electron chi connectivity index (χ2n) is 3.07. The Bertz CT molecular complexity index is 488. The molecule has 0 spiro atoms. The summed E-state index contributed by atoms with van der Waals surface area (Å²) in [6.45, 7) is 0. The van der Waals surface area contributed by atoms with E-state index in [0.717, 1.165) is 12.1 Å². The minimum Gasteiger partial charge on any atom is -0.496 e. The van der Waals surface area contributed by atoms with Crippen LogP contribution in [-0.4, -0.2) is 21.3 Å². The highest BCUT2D eigenvalue weighted by Gasteiger charge is 2.13. The number of benzene rings is 1. The van der Waals surface area contributed by atoms with Crippen molar-refractivity contribution < 1.29 is 21.9 Å². The van der Waals surface area contributed by atoms with Crippen molar-refractivity contribution >= 4 is 19.7 Å². The Hall–Kier alpha value is -0.880. The van der Waals surface area contributed by atoms with E-state index in [1.54, 1.807) is 0 Å². The van der Waals surface area contributed by atoms with Gasteiger partial charge in [0.15, 0.2) is 11.6 Å². The van der Waals surface area contributed by atoms with Crippen LogP contribution in [0.1, 0.15) is 5.56 Å². The maximum Gasteiger partial charge on any atom is 0.232 e. The van der Waals surface area contributed by atoms with E-state index in [2.05, 4.69) is 0 Å². The average molecular weight is 271 g/mol. The number of ether oxygens (including phenoxy) is 1. The van der Waals surface area contributed by atoms with Gasteiger partial charge in [-0.25, -0.2) is 17.2 Å². The molecule has 0 unspecified atom stereocenters. The summed E-state index contributed by atoms with van der Waals surface area (Å²) in [5, 5.41) is 0. The minimum absolute atomic E-state index is 0.0355. The summed E-state index contributed by atoms with van der Waals surface area (Å²) < 4.78 is 52.0. The van der Waals surface area contributed by atoms with Crippen LogP contribution in [0, 0.1) is 11.6 Å². The summed E-state index contributed by atoms with van der Waals surface area (Å²) in [7, 11) is 2.63. The Morgan fingerprint density at radius 2 is 1.88 bits per heavy atom. The number of methoxy groups -OCH3 is 1. The molecule has 3 nitrogen and oxygen atoms in total. The van der Waals surface area contributed by atoms with Gasteiger partial charge in [0.25, 0.3) is 0 Å². The third kappa shape index (κ3) is 3.61. The van der Waals surface area contributed by atoms with Crippen LogP contribution in [-0.2, 0) is 15.5 Å². The molecule has 0 aliphatic carbocycles. The number of halogens is 3. The van der Waals surface area contributed by atoms with Crippen molar-refractivity contribution in [2.24, 2.45) is 0 Å². The Morgan fingerprint density at radius 3 is 2.38 bits per heavy atom. The molecule has 0 aromatic heterocycles. The normalized spacial score (nSPS) is 11.5. The SMILES string of the molecule is COc1cc(F)c(F)cc1CCS(=O)(=O)Cl. The highest BCUT2D eigenvalue weighted by Crippen LogP contribution is 2.23. The molecule has 7 heteroatoms. The Balaban J connectivity index is 2.99. The van der Waals surface area contributed by atoms with E-state index >= 15 is 0 Å². The van der Waals surface area contributed by atoms with Crippen molar-refractivity contribution in [2.45, 2.75) is 6.42 Å². The molecule has 16 heavy (non-hydrogen) atoms. The molecule has 0 radical (unpaired) electrons. The van der Waals surface area contributed by atoms with Crippen molar-refractivity contribution in [3.8, 4) is 5.75 Å². The first kappa shape index (κ1) is 13.2. The highest BCUT2D eigenvalue weighted by molar-refractivity contribution is 8.13. The van der Waals surface area contributed by atoms with Gasteiger partial charge in [0, 0.05) is 16.7 Å². The molecule has 1 aromatic carbocycles. The summed E-state index contributed by atoms with van der Waals surface area (Å²) in [5.41, 5.74) is 0.255. The Labute approximate surface area is 96.4 Å². The summed E-state index contributed by atoms with van der Waals surface area (Å²) in [5.74, 6) is -2.37. The molecule has 0 N–H and O–H groups in total. The zero-order valence-electron chi connectivity index (χ0n) is 8.34. The van der Waals surface area contributed by atoms with E-state index in [1.807, 2.05) is 0 Å². The van der Waals surface area contributed by atoms with E-state index in [-0.39, 0.29) is 23.5 Å². The zero-order chi connectivity index (χ0) is 12.3. The fraction of sp³-hybridized carbons (Fsp3) is 0.333. The van der Waals surface area contributed by atoms with Gasteiger partial charge in [-0.3, -0.25) is 0 Å². The third-order valence-electron chi connectivity index (χ3n) is 1.94. The first-order valence-electron chi connectivity index (χ1n) is 4.27. The van der Waals surface area contributed by atoms with Crippen LogP contribution >= 0.6 is 10.7 Å². The average Bonchev–Trinajstić information content (AvgIpc) is 2.18. The van der Waals surface area contributed by atoms with E-state index in [4.69, 9.17) is 15.4 Å². The maximum atomic E-state index is 12.9. The van der Waals surface area contributed by atoms with Crippen LogP contribution in [0.25, 0.3) is 0 Å². The van der Waals surface area contributed by atoms with Crippen LogP contribution in [0.15, 0.2) is 12.1 Å². The second-order valence-corrected chi connectivity index (χ2v) is 5.97. The highest BCUT2D eigenvalue weighted by atomic mass is 35.7. The molecule has 0 heterocycles. The predicted molar refractivity (Wildman–Crippen MR) is 56.3 cm³/mol. The minimum atomic E-state index is -3.67. The summed E-state index contributed by atoms with van der Waals surface area (Å²) >= 11 is 0. The Morgan fingerprint density at radius 1 is 1.31 bits per heavy atom. The van der Waals surface area contributed by atoms with Gasteiger partial charge in [-0.05, 0) is 18.1 Å². The zero-order valence-corrected chi connectivity index (χ0v) is 9.91. The molecule has 1 aromatic rings. The van der Waals surface area contributed by atoms with Crippen molar-refractivity contribution in [3.05, 3.63) is 29.3 Å². The maximum absolute atomic E-state index is 12.9. The molecule has 0 saturated carbocycles. The Kier molecular flexibility index (Phi) is 4.09. The van der Waals surface area contributed by atoms with Gasteiger partial charge in [-0.15, -0.1) is 0 Å². The van der Waals surface area contributed by atoms with Crippen LogP contribution in [0.3, 0.4) is 0 Å². The molecule has 0 amide bonds. The van der Waals surface area contributed by atoms with Gasteiger partial charge in [-0.2, -0.15) is 0 Å². The first-order valence-corrected chi connectivity index (χ1v) is 6.75. The summed E-state index contributed by atoms with van der Waals surface area (Å²) in [6, 6.07) is 1.77. The van der Waals surface area contributed by atoms with E-state index in [0.29, 0.717) is 0 Å². The molecule has 0 fully saturated rings. The molecule has 1 rings (SSSR count). The summed E-state index contributed by atoms with van der Waals surface area (Å²) in [6.07, 6.45) is -0.0355. The largest absolute Gasteiger partial charge is 0.496 e. The molecule has 0 bridgehead atoms. The van der Waals surface area contributed by atoms with Crippen LogP contribution in [0.5, 0.6) is 5.75 Å². The van der Waals surface area contributed by atoms with Crippen LogP contribution in [0.2, 0.25) is 0 Å². The molecule has 90 valence electrons. The summed E-state index contributed by atoms with van der Waals surface area (Å²) in [4.78, 5) is 0. The van der Waals surface area contributed by atoms with Crippen molar-refractivity contribution in [2.75, 3.05) is 12.9 Å². The topological polar surface area (TPSA) is 43.4 Å². The molecular formula is C9H9ClF2O3S. The number of hydrogen-bond donors (Lipinski definition) is 0. The van der Waals surface area contributed by atoms with E-state index in [9.17, 15) is 17.2 Å². The lowest BCUT2D eigenvalue weighted by atomic mass is 10.1. The fourth-order valence-corrected chi connectivity index (χ4v) is 1.88. The first-order chi connectivity index (χ1) is 7.33. The van der Waals surface area contributed by atoms with E-state index < -0.39 is 20.7 Å². The monoisotopic (exact) mass is 270 g/mol. The van der Waals surface area contributed by atoms with Gasteiger partial charge < -0.3 is 4.74 Å². The smallest absolute Gasteiger partial charge is 0.232 e. The number of rotatable bonds is 4. The van der Waals surface area contributed by atoms with E-state index in [1.165, 1.54) is 7.11 Å². The number of aryl methyl sites for hydroxylation is 1. The molecule has 0 aliphatic heterocycles. The van der Waals surface area contributed by atoms with Gasteiger partial charge >= 0.3 is 0 Å². The molecule has 0 aliphatic rings. The molecular weight excluding hydrogens is 262 g/mol. The predicted octanol–water partition coefficient (Wildman–Crippen LogP) is 2.08. The lowest BCUT2D eigenvalue weighted by molar-refractivity contribution is 0.401. The quantitative estimate of drug-likeness (QED) is 0.787. The van der Waals surface area contributed by atoms with Gasteiger partial charge in [0.05, 0.1) is 12.9 Å². The van der Waals surface area contributed by atoms with Gasteiger partial charge in [0.2, 0.25) is 9.05 Å². The standard InChI is InChI=1S/C9H9ClF2O3S/c1-15-9-5-8(12)7(11)4-6(9)2-3-16(10,13)14/h4-5H,2-3H2,1H3. The molecule has 0 atom stereocenters. The molecule has 0 saturated heterocycles. The van der Waals surface area contributed by atoms with Gasteiger partial charge in [0.1, 0.15) is 5.75 Å². The second kappa shape index (κ2) is 4.97. The van der Waals surface area contributed by atoms with Crippen molar-refractivity contribution in [1.29, 1.82) is 0 Å². The lowest BCUT2D eigenvalue weighted by Gasteiger charge is -2.08. The third-order valence-corrected chi connectivity index (χ3v) is 3.09. The number of hydrogen-bond acceptors (Lipinski definition) is 3. The van der Waals surface area contributed by atoms with Crippen molar-refractivity contribution in [3.63, 3.8) is 0 Å². The lowest BCUT2D eigenvalue weighted by Crippen LogP contribution is -2.04. The van der Waals surface area contributed by atoms with Crippen molar-refractivity contribution in [1.82, 2.24) is 0 Å². The van der Waals surface area contributed by atoms with Crippen LogP contribution < -0.4 is 4.74 Å².